The number of nitrogens with zero attached hydrogens (tertiary/aromatic N) is 1. The topological polar surface area (TPSA) is 36.8 Å². The van der Waals surface area contributed by atoms with Crippen molar-refractivity contribution in [3.05, 3.63) is 22.8 Å². The summed E-state index contributed by atoms with van der Waals surface area (Å²) < 4.78 is 0. The molecule has 4 nitrogen and oxygen atoms in total. The van der Waals surface area contributed by atoms with E-state index in [0.29, 0.717) is 0 Å². The first kappa shape index (κ1) is 26.9. The molecule has 30 heavy (non-hydrogen) atoms. The lowest BCUT2D eigenvalue weighted by atomic mass is 9.94. The van der Waals surface area contributed by atoms with Crippen LogP contribution in [0.1, 0.15) is 76.0 Å². The number of carbonyl (C=O) groups excluding carboxylic acids is 1. The van der Waals surface area contributed by atoms with Crippen LogP contribution in [0.2, 0.25) is 0 Å². The molecule has 0 saturated heterocycles. The van der Waals surface area contributed by atoms with Crippen LogP contribution in [0, 0.1) is 19.3 Å². The van der Waals surface area contributed by atoms with Crippen LogP contribution in [0.15, 0.2) is 6.07 Å². The maximum absolute atomic E-state index is 12.7. The van der Waals surface area contributed by atoms with Crippen molar-refractivity contribution in [3.8, 4) is 0 Å². The molecule has 1 aliphatic heterocycles. The van der Waals surface area contributed by atoms with Gasteiger partial charge in [0.25, 0.3) is 0 Å². The van der Waals surface area contributed by atoms with Crippen LogP contribution < -0.4 is 22.6 Å². The lowest BCUT2D eigenvalue weighted by Crippen LogP contribution is -3.06. The summed E-state index contributed by atoms with van der Waals surface area (Å²) in [6.07, 6.45) is 9.06. The van der Waals surface area contributed by atoms with Crippen LogP contribution in [0.3, 0.4) is 0 Å². The van der Waals surface area contributed by atoms with E-state index in [1.54, 1.807) is 4.90 Å². The lowest BCUT2D eigenvalue weighted by Gasteiger charge is -2.23. The van der Waals surface area contributed by atoms with Crippen molar-refractivity contribution in [3.63, 3.8) is 0 Å². The average Bonchev–Trinajstić information content (AvgIpc) is 3.04. The number of hydrogen-bond acceptors (Lipinski definition) is 2. The number of quaternary nitrogens is 1. The summed E-state index contributed by atoms with van der Waals surface area (Å²) in [5, 5.41) is 3.28. The maximum atomic E-state index is 12.7. The molecule has 5 heteroatoms. The first-order chi connectivity index (χ1) is 13.6. The number of carbonyl (C=O) groups is 1. The lowest BCUT2D eigenvalue weighted by molar-refractivity contribution is -0.825. The number of benzene rings is 1. The minimum absolute atomic E-state index is 0. The van der Waals surface area contributed by atoms with Gasteiger partial charge in [0, 0.05) is 17.4 Å². The standard InChI is InChI=1S/C25H43N3O.ClH/c1-19-18-20(2)22(26-24(29)25(3,4)5)23-21(19)14-17-28(23)16-13-11-9-8-10-12-15-27(6)7;/h18H,8-17H2,1-7H3,(H,26,29);1H. The van der Waals surface area contributed by atoms with E-state index >= 15 is 0 Å². The quantitative estimate of drug-likeness (QED) is 0.541. The molecule has 1 amide bonds. The Balaban J connectivity index is 0.00000450. The van der Waals surface area contributed by atoms with Gasteiger partial charge in [-0.05, 0) is 64.9 Å². The number of anilines is 1. The Labute approximate surface area is 191 Å². The first-order valence-electron chi connectivity index (χ1n) is 11.6. The summed E-state index contributed by atoms with van der Waals surface area (Å²) in [6, 6.07) is 2.24. The Morgan fingerprint density at radius 1 is 1.03 bits per heavy atom. The number of nitrogens with one attached hydrogen (secondary N) is 2. The monoisotopic (exact) mass is 437 g/mol. The SMILES string of the molecule is Cc1cc(C)c(NC(=O)C(C)(C)C)c2c1CC[NH+]2CCCCCCCCN(C)C.[Cl-]. The highest BCUT2D eigenvalue weighted by Gasteiger charge is 2.32. The highest BCUT2D eigenvalue weighted by molar-refractivity contribution is 5.97. The molecular weight excluding hydrogens is 394 g/mol. The molecule has 0 radical (unpaired) electrons. The minimum atomic E-state index is -0.379. The molecule has 0 aliphatic carbocycles. The normalized spacial score (nSPS) is 15.8. The fraction of sp³-hybridized carbons (Fsp3) is 0.720. The molecule has 0 saturated carbocycles. The van der Waals surface area contributed by atoms with Crippen LogP contribution in [-0.2, 0) is 11.2 Å². The Morgan fingerprint density at radius 2 is 1.63 bits per heavy atom. The zero-order chi connectivity index (χ0) is 21.6. The fourth-order valence-electron chi connectivity index (χ4n) is 4.33. The second-order valence-electron chi connectivity index (χ2n) is 10.2. The van der Waals surface area contributed by atoms with Gasteiger partial charge in [-0.25, -0.2) is 0 Å². The van der Waals surface area contributed by atoms with Gasteiger partial charge in [-0.2, -0.15) is 0 Å². The number of aryl methyl sites for hydroxylation is 2. The molecule has 1 aromatic rings. The van der Waals surface area contributed by atoms with Gasteiger partial charge in [0.1, 0.15) is 5.69 Å². The van der Waals surface area contributed by atoms with E-state index in [-0.39, 0.29) is 23.7 Å². The third kappa shape index (κ3) is 7.55. The van der Waals surface area contributed by atoms with Gasteiger partial charge in [0.2, 0.25) is 5.91 Å². The van der Waals surface area contributed by atoms with E-state index in [2.05, 4.69) is 44.2 Å². The molecule has 1 aromatic carbocycles. The van der Waals surface area contributed by atoms with Gasteiger partial charge in [-0.1, -0.05) is 46.1 Å². The van der Waals surface area contributed by atoms with E-state index in [9.17, 15) is 4.79 Å². The molecule has 1 unspecified atom stereocenters. The van der Waals surface area contributed by atoms with Crippen molar-refractivity contribution in [1.29, 1.82) is 0 Å². The predicted molar refractivity (Wildman–Crippen MR) is 124 cm³/mol. The van der Waals surface area contributed by atoms with Gasteiger partial charge in [0.15, 0.2) is 5.69 Å². The Kier molecular flexibility index (Phi) is 10.8. The molecule has 1 atom stereocenters. The maximum Gasteiger partial charge on any atom is 0.229 e. The number of halogens is 1. The van der Waals surface area contributed by atoms with Gasteiger partial charge < -0.3 is 27.5 Å². The summed E-state index contributed by atoms with van der Waals surface area (Å²) >= 11 is 0. The summed E-state index contributed by atoms with van der Waals surface area (Å²) in [5.74, 6) is 0.107. The van der Waals surface area contributed by atoms with Crippen molar-refractivity contribution < 1.29 is 22.1 Å². The highest BCUT2D eigenvalue weighted by Crippen LogP contribution is 2.34. The third-order valence-corrected chi connectivity index (χ3v) is 6.14. The van der Waals surface area contributed by atoms with Crippen molar-refractivity contribution in [1.82, 2.24) is 4.90 Å². The number of unbranched alkanes of at least 4 members (excludes halogenated alkanes) is 5. The van der Waals surface area contributed by atoms with Crippen molar-refractivity contribution in [2.75, 3.05) is 39.0 Å². The van der Waals surface area contributed by atoms with Gasteiger partial charge in [0.05, 0.1) is 13.1 Å². The van der Waals surface area contributed by atoms with E-state index in [4.69, 9.17) is 0 Å². The zero-order valence-electron chi connectivity index (χ0n) is 20.4. The number of fused-ring (bicyclic) bond motifs is 1. The van der Waals surface area contributed by atoms with Gasteiger partial charge in [-0.3, -0.25) is 4.79 Å². The molecule has 172 valence electrons. The smallest absolute Gasteiger partial charge is 0.229 e. The average molecular weight is 438 g/mol. The van der Waals surface area contributed by atoms with Crippen molar-refractivity contribution in [2.24, 2.45) is 5.41 Å². The molecular formula is C25H44ClN3O. The van der Waals surface area contributed by atoms with E-state index in [1.165, 1.54) is 74.0 Å². The zero-order valence-corrected chi connectivity index (χ0v) is 21.1. The largest absolute Gasteiger partial charge is 1.00 e. The number of hydrogen-bond donors (Lipinski definition) is 2. The second-order valence-corrected chi connectivity index (χ2v) is 10.2. The summed E-state index contributed by atoms with van der Waals surface area (Å²) in [7, 11) is 4.30. The predicted octanol–water partition coefficient (Wildman–Crippen LogP) is 1.27. The molecule has 1 aliphatic rings. The summed E-state index contributed by atoms with van der Waals surface area (Å²) in [4.78, 5) is 16.5. The van der Waals surface area contributed by atoms with Crippen LogP contribution in [0.4, 0.5) is 11.4 Å². The molecule has 0 fully saturated rings. The van der Waals surface area contributed by atoms with Crippen molar-refractivity contribution >= 4 is 17.3 Å². The first-order valence-corrected chi connectivity index (χ1v) is 11.6. The van der Waals surface area contributed by atoms with Crippen LogP contribution in [-0.4, -0.2) is 44.5 Å². The molecule has 2 rings (SSSR count). The minimum Gasteiger partial charge on any atom is -1.00 e. The Bertz CT molecular complexity index is 695. The second kappa shape index (κ2) is 12.1. The third-order valence-electron chi connectivity index (χ3n) is 6.14. The Morgan fingerprint density at radius 3 is 2.23 bits per heavy atom. The van der Waals surface area contributed by atoms with Crippen LogP contribution >= 0.6 is 0 Å². The fourth-order valence-corrected chi connectivity index (χ4v) is 4.33. The van der Waals surface area contributed by atoms with E-state index in [0.717, 1.165) is 18.7 Å². The summed E-state index contributed by atoms with van der Waals surface area (Å²) in [5.41, 5.74) is 6.09. The molecule has 0 aromatic heterocycles. The number of amides is 1. The van der Waals surface area contributed by atoms with Gasteiger partial charge in [-0.15, -0.1) is 0 Å². The van der Waals surface area contributed by atoms with Crippen LogP contribution in [0.5, 0.6) is 0 Å². The highest BCUT2D eigenvalue weighted by atomic mass is 35.5. The summed E-state index contributed by atoms with van der Waals surface area (Å²) in [6.45, 7) is 13.8. The Hall–Kier alpha value is -1.10. The number of rotatable bonds is 10. The van der Waals surface area contributed by atoms with Crippen molar-refractivity contribution in [2.45, 2.75) is 79.6 Å². The molecule has 0 spiro atoms. The van der Waals surface area contributed by atoms with Gasteiger partial charge >= 0.3 is 0 Å². The van der Waals surface area contributed by atoms with E-state index in [1.807, 2.05) is 20.8 Å². The van der Waals surface area contributed by atoms with Crippen LogP contribution in [0.25, 0.3) is 0 Å². The molecule has 1 heterocycles. The van der Waals surface area contributed by atoms with E-state index < -0.39 is 0 Å². The molecule has 2 N–H and O–H groups in total. The molecule has 0 bridgehead atoms.